The number of hydrogen-bond donors (Lipinski definition) is 0. The minimum absolute atomic E-state index is 0.310. The number of esters is 2. The van der Waals surface area contributed by atoms with E-state index in [1.54, 1.807) is 42.3 Å². The van der Waals surface area contributed by atoms with Crippen LogP contribution in [0.15, 0.2) is 47.4 Å². The zero-order valence-electron chi connectivity index (χ0n) is 20.8. The largest absolute Gasteiger partial charge is 0.497 e. The summed E-state index contributed by atoms with van der Waals surface area (Å²) in [5.41, 5.74) is 1.88. The quantitative estimate of drug-likeness (QED) is 0.479. The summed E-state index contributed by atoms with van der Waals surface area (Å²) in [5, 5.41) is -0.526. The van der Waals surface area contributed by atoms with E-state index in [0.29, 0.717) is 36.7 Å². The molecule has 1 heterocycles. The standard InChI is InChI=1S/C26H32N2O6S/c1-6-15-33-26(31)19-9-12-21-22(16-19)35-24(18-7-10-20(32-5)11-8-18)23(34-17(2)29)25(30)28(21)14-13-27(3)4/h7-12,16,23-24H,6,13-15H2,1-5H3/t23-,24+/m1/s1. The third kappa shape index (κ3) is 6.55. The molecule has 8 nitrogen and oxygen atoms in total. The Morgan fingerprint density at radius 3 is 2.43 bits per heavy atom. The minimum Gasteiger partial charge on any atom is -0.497 e. The van der Waals surface area contributed by atoms with Gasteiger partial charge in [-0.15, -0.1) is 11.8 Å². The lowest BCUT2D eigenvalue weighted by molar-refractivity contribution is -0.152. The van der Waals surface area contributed by atoms with Crippen LogP contribution in [0.3, 0.4) is 0 Å². The zero-order chi connectivity index (χ0) is 25.5. The van der Waals surface area contributed by atoms with E-state index in [2.05, 4.69) is 0 Å². The molecule has 0 saturated heterocycles. The summed E-state index contributed by atoms with van der Waals surface area (Å²) in [6, 6.07) is 12.5. The predicted molar refractivity (Wildman–Crippen MR) is 135 cm³/mol. The van der Waals surface area contributed by atoms with Gasteiger partial charge in [-0.3, -0.25) is 9.59 Å². The molecule has 1 aliphatic rings. The number of anilines is 1. The van der Waals surface area contributed by atoms with Crippen molar-refractivity contribution in [2.75, 3.05) is 45.8 Å². The van der Waals surface area contributed by atoms with Crippen LogP contribution in [0, 0.1) is 0 Å². The van der Waals surface area contributed by atoms with Gasteiger partial charge in [0, 0.05) is 24.9 Å². The molecule has 1 amide bonds. The molecule has 0 saturated carbocycles. The molecule has 0 N–H and O–H groups in total. The van der Waals surface area contributed by atoms with E-state index in [1.807, 2.05) is 38.1 Å². The van der Waals surface area contributed by atoms with E-state index < -0.39 is 23.3 Å². The van der Waals surface area contributed by atoms with E-state index in [9.17, 15) is 14.4 Å². The molecule has 0 aromatic heterocycles. The Kier molecular flexibility index (Phi) is 9.17. The molecule has 35 heavy (non-hydrogen) atoms. The van der Waals surface area contributed by atoms with Crippen LogP contribution in [0.1, 0.15) is 41.4 Å². The van der Waals surface area contributed by atoms with Crippen LogP contribution in [-0.4, -0.2) is 69.8 Å². The Morgan fingerprint density at radius 1 is 1.11 bits per heavy atom. The van der Waals surface area contributed by atoms with Crippen LogP contribution in [0.2, 0.25) is 0 Å². The zero-order valence-corrected chi connectivity index (χ0v) is 21.6. The fourth-order valence-electron chi connectivity index (χ4n) is 3.70. The summed E-state index contributed by atoms with van der Waals surface area (Å²) in [5.74, 6) is -0.583. The maximum Gasteiger partial charge on any atom is 0.338 e. The number of benzene rings is 2. The van der Waals surface area contributed by atoms with Crippen molar-refractivity contribution >= 4 is 35.3 Å². The van der Waals surface area contributed by atoms with Crippen molar-refractivity contribution in [2.45, 2.75) is 36.5 Å². The van der Waals surface area contributed by atoms with Gasteiger partial charge in [-0.1, -0.05) is 19.1 Å². The molecule has 0 radical (unpaired) electrons. The van der Waals surface area contributed by atoms with Gasteiger partial charge in [-0.2, -0.15) is 0 Å². The van der Waals surface area contributed by atoms with Crippen molar-refractivity contribution in [3.05, 3.63) is 53.6 Å². The minimum atomic E-state index is -1.05. The van der Waals surface area contributed by atoms with Gasteiger partial charge in [-0.25, -0.2) is 4.79 Å². The number of nitrogens with zero attached hydrogens (tertiary/aromatic N) is 2. The average Bonchev–Trinajstić information content (AvgIpc) is 2.95. The van der Waals surface area contributed by atoms with Crippen molar-refractivity contribution in [3.63, 3.8) is 0 Å². The number of carbonyl (C=O) groups excluding carboxylic acids is 3. The SMILES string of the molecule is CCCOC(=O)c1ccc2c(c1)S[C@@H](c1ccc(OC)cc1)[C@@H](OC(C)=O)C(=O)N2CCN(C)C. The first-order valence-corrected chi connectivity index (χ1v) is 12.4. The van der Waals surface area contributed by atoms with Gasteiger partial charge in [0.2, 0.25) is 0 Å². The van der Waals surface area contributed by atoms with Crippen LogP contribution in [0.5, 0.6) is 5.75 Å². The van der Waals surface area contributed by atoms with Gasteiger partial charge in [0.15, 0.2) is 6.10 Å². The maximum atomic E-state index is 13.8. The van der Waals surface area contributed by atoms with E-state index >= 15 is 0 Å². The number of rotatable bonds is 9. The highest BCUT2D eigenvalue weighted by Gasteiger charge is 2.41. The second-order valence-electron chi connectivity index (χ2n) is 8.45. The van der Waals surface area contributed by atoms with Gasteiger partial charge < -0.3 is 24.0 Å². The molecule has 0 spiro atoms. The normalized spacial score (nSPS) is 17.5. The molecule has 0 fully saturated rings. The second kappa shape index (κ2) is 12.1. The van der Waals surface area contributed by atoms with Crippen LogP contribution in [-0.2, 0) is 19.1 Å². The first kappa shape index (κ1) is 26.6. The lowest BCUT2D eigenvalue weighted by Gasteiger charge is -2.28. The topological polar surface area (TPSA) is 85.4 Å². The van der Waals surface area contributed by atoms with Gasteiger partial charge in [0.25, 0.3) is 5.91 Å². The number of likely N-dealkylation sites (N-methyl/N-ethyl adjacent to an activating group) is 1. The first-order chi connectivity index (χ1) is 16.7. The van der Waals surface area contributed by atoms with Gasteiger partial charge in [0.1, 0.15) is 5.75 Å². The molecule has 1 aliphatic heterocycles. The lowest BCUT2D eigenvalue weighted by Crippen LogP contribution is -2.45. The third-order valence-corrected chi connectivity index (χ3v) is 6.82. The van der Waals surface area contributed by atoms with Gasteiger partial charge in [-0.05, 0) is 56.4 Å². The van der Waals surface area contributed by atoms with Crippen molar-refractivity contribution < 1.29 is 28.6 Å². The molecule has 2 aromatic rings. The number of ether oxygens (including phenoxy) is 3. The van der Waals surface area contributed by atoms with E-state index in [1.165, 1.54) is 18.7 Å². The summed E-state index contributed by atoms with van der Waals surface area (Å²) in [4.78, 5) is 42.8. The van der Waals surface area contributed by atoms with Crippen molar-refractivity contribution in [3.8, 4) is 5.75 Å². The fraction of sp³-hybridized carbons (Fsp3) is 0.423. The molecule has 0 bridgehead atoms. The average molecular weight is 501 g/mol. The monoisotopic (exact) mass is 500 g/mol. The number of fused-ring (bicyclic) bond motifs is 1. The highest BCUT2D eigenvalue weighted by atomic mass is 32.2. The molecule has 0 aliphatic carbocycles. The third-order valence-electron chi connectivity index (χ3n) is 5.47. The lowest BCUT2D eigenvalue weighted by atomic mass is 10.1. The number of amides is 1. The maximum absolute atomic E-state index is 13.8. The molecule has 188 valence electrons. The van der Waals surface area contributed by atoms with E-state index in [4.69, 9.17) is 14.2 Å². The second-order valence-corrected chi connectivity index (χ2v) is 9.64. The van der Waals surface area contributed by atoms with E-state index in [-0.39, 0.29) is 5.91 Å². The van der Waals surface area contributed by atoms with Gasteiger partial charge in [0.05, 0.1) is 30.2 Å². The molecule has 2 atom stereocenters. The van der Waals surface area contributed by atoms with Crippen LogP contribution in [0.25, 0.3) is 0 Å². The molecule has 0 unspecified atom stereocenters. The predicted octanol–water partition coefficient (Wildman–Crippen LogP) is 3.94. The molecule has 9 heteroatoms. The van der Waals surface area contributed by atoms with Crippen molar-refractivity contribution in [1.29, 1.82) is 0 Å². The fourth-order valence-corrected chi connectivity index (χ4v) is 5.05. The van der Waals surface area contributed by atoms with Crippen molar-refractivity contribution in [1.82, 2.24) is 4.90 Å². The smallest absolute Gasteiger partial charge is 0.338 e. The summed E-state index contributed by atoms with van der Waals surface area (Å²) < 4.78 is 16.2. The van der Waals surface area contributed by atoms with Gasteiger partial charge >= 0.3 is 11.9 Å². The highest BCUT2D eigenvalue weighted by molar-refractivity contribution is 7.99. The number of thioether (sulfide) groups is 1. The molecule has 2 aromatic carbocycles. The number of methoxy groups -OCH3 is 1. The highest BCUT2D eigenvalue weighted by Crippen LogP contribution is 2.47. The molecular weight excluding hydrogens is 468 g/mol. The Labute approximate surface area is 210 Å². The number of carbonyl (C=O) groups is 3. The first-order valence-electron chi connectivity index (χ1n) is 11.5. The summed E-state index contributed by atoms with van der Waals surface area (Å²) in [6.07, 6.45) is -0.321. The van der Waals surface area contributed by atoms with E-state index in [0.717, 1.165) is 16.9 Å². The summed E-state index contributed by atoms with van der Waals surface area (Å²) in [6.45, 7) is 4.57. The van der Waals surface area contributed by atoms with Crippen LogP contribution in [0.4, 0.5) is 5.69 Å². The molecule has 3 rings (SSSR count). The van der Waals surface area contributed by atoms with Crippen LogP contribution < -0.4 is 9.64 Å². The van der Waals surface area contributed by atoms with Crippen molar-refractivity contribution in [2.24, 2.45) is 0 Å². The Bertz CT molecular complexity index is 1060. The Morgan fingerprint density at radius 2 is 1.83 bits per heavy atom. The molecular formula is C26H32N2O6S. The Hall–Kier alpha value is -3.04. The number of hydrogen-bond acceptors (Lipinski definition) is 8. The Balaban J connectivity index is 2.11. The summed E-state index contributed by atoms with van der Waals surface area (Å²) in [7, 11) is 5.43. The summed E-state index contributed by atoms with van der Waals surface area (Å²) >= 11 is 1.39. The van der Waals surface area contributed by atoms with Crippen LogP contribution >= 0.6 is 11.8 Å².